The van der Waals surface area contributed by atoms with Crippen molar-refractivity contribution in [2.75, 3.05) is 6.61 Å². The van der Waals surface area contributed by atoms with Gasteiger partial charge >= 0.3 is 0 Å². The highest BCUT2D eigenvalue weighted by atomic mass is 35.7. The zero-order valence-electron chi connectivity index (χ0n) is 8.01. The average Bonchev–Trinajstić information content (AvgIpc) is 2.74. The van der Waals surface area contributed by atoms with Crippen LogP contribution in [0.1, 0.15) is 33.1 Å². The van der Waals surface area contributed by atoms with E-state index >= 15 is 0 Å². The van der Waals surface area contributed by atoms with Gasteiger partial charge in [-0.1, -0.05) is 0 Å². The molecule has 0 radical (unpaired) electrons. The van der Waals surface area contributed by atoms with Gasteiger partial charge in [-0.25, -0.2) is 0 Å². The maximum atomic E-state index is 5.83. The second-order valence-electron chi connectivity index (χ2n) is 4.41. The van der Waals surface area contributed by atoms with Crippen molar-refractivity contribution in [3.05, 3.63) is 0 Å². The average molecular weight is 223 g/mol. The fourth-order valence-electron chi connectivity index (χ4n) is 1.73. The van der Waals surface area contributed by atoms with Gasteiger partial charge in [0.1, 0.15) is 0 Å². The SMILES string of the molecule is CC1(C)OCC(CC2(SCl)CC2)O1. The molecule has 1 aliphatic carbocycles. The summed E-state index contributed by atoms with van der Waals surface area (Å²) in [5, 5.41) is 0. The van der Waals surface area contributed by atoms with Crippen LogP contribution in [0.3, 0.4) is 0 Å². The minimum Gasteiger partial charge on any atom is -0.348 e. The summed E-state index contributed by atoms with van der Waals surface area (Å²) < 4.78 is 11.5. The zero-order chi connectivity index (χ0) is 9.53. The summed E-state index contributed by atoms with van der Waals surface area (Å²) in [5.74, 6) is -0.391. The standard InChI is InChI=1S/C9H15ClO2S/c1-8(2)11-6-7(12-8)5-9(13-10)3-4-9/h7H,3-6H2,1-2H3. The molecular formula is C9H15ClO2S. The van der Waals surface area contributed by atoms with Crippen molar-refractivity contribution in [1.29, 1.82) is 0 Å². The summed E-state index contributed by atoms with van der Waals surface area (Å²) in [6.45, 7) is 4.63. The predicted molar refractivity (Wildman–Crippen MR) is 54.9 cm³/mol. The number of rotatable bonds is 3. The lowest BCUT2D eigenvalue weighted by atomic mass is 10.2. The van der Waals surface area contributed by atoms with Crippen LogP contribution < -0.4 is 0 Å². The molecule has 0 aromatic rings. The number of hydrogen-bond acceptors (Lipinski definition) is 3. The van der Waals surface area contributed by atoms with E-state index in [-0.39, 0.29) is 6.10 Å². The molecule has 76 valence electrons. The van der Waals surface area contributed by atoms with Gasteiger partial charge in [-0.15, -0.1) is 0 Å². The molecule has 2 rings (SSSR count). The van der Waals surface area contributed by atoms with Crippen molar-refractivity contribution < 1.29 is 9.47 Å². The van der Waals surface area contributed by atoms with E-state index in [4.69, 9.17) is 20.2 Å². The molecular weight excluding hydrogens is 208 g/mol. The van der Waals surface area contributed by atoms with Crippen molar-refractivity contribution in [1.82, 2.24) is 0 Å². The van der Waals surface area contributed by atoms with Crippen molar-refractivity contribution in [2.45, 2.75) is 49.7 Å². The Hall–Kier alpha value is 0.560. The third kappa shape index (κ3) is 2.32. The van der Waals surface area contributed by atoms with Crippen LogP contribution in [0.15, 0.2) is 0 Å². The van der Waals surface area contributed by atoms with Gasteiger partial charge in [-0.05, 0) is 54.8 Å². The van der Waals surface area contributed by atoms with Gasteiger partial charge in [0.2, 0.25) is 0 Å². The molecule has 1 atom stereocenters. The van der Waals surface area contributed by atoms with Gasteiger partial charge in [0.25, 0.3) is 0 Å². The minimum atomic E-state index is -0.391. The third-order valence-electron chi connectivity index (χ3n) is 2.64. The van der Waals surface area contributed by atoms with Crippen LogP contribution in [0, 0.1) is 0 Å². The van der Waals surface area contributed by atoms with Crippen LogP contribution in [0.25, 0.3) is 0 Å². The first kappa shape index (κ1) is 10.1. The topological polar surface area (TPSA) is 18.5 Å². The molecule has 1 aliphatic heterocycles. The van der Waals surface area contributed by atoms with E-state index in [1.165, 1.54) is 23.8 Å². The molecule has 2 nitrogen and oxygen atoms in total. The first-order chi connectivity index (χ1) is 6.05. The molecule has 2 fully saturated rings. The summed E-state index contributed by atoms with van der Waals surface area (Å²) in [5.41, 5.74) is 0. The maximum Gasteiger partial charge on any atom is 0.163 e. The Kier molecular flexibility index (Phi) is 2.56. The monoisotopic (exact) mass is 222 g/mol. The molecule has 0 bridgehead atoms. The van der Waals surface area contributed by atoms with E-state index in [2.05, 4.69) is 0 Å². The fourth-order valence-corrected chi connectivity index (χ4v) is 2.89. The van der Waals surface area contributed by atoms with E-state index in [1.54, 1.807) is 0 Å². The Bertz CT molecular complexity index is 204. The van der Waals surface area contributed by atoms with Crippen LogP contribution >= 0.6 is 21.7 Å². The lowest BCUT2D eigenvalue weighted by Gasteiger charge is -2.19. The molecule has 1 unspecified atom stereocenters. The molecule has 0 aromatic heterocycles. The number of halogens is 1. The minimum absolute atomic E-state index is 0.240. The number of hydrogen-bond donors (Lipinski definition) is 0. The highest BCUT2D eigenvalue weighted by Gasteiger charge is 2.47. The second kappa shape index (κ2) is 3.30. The van der Waals surface area contributed by atoms with E-state index in [9.17, 15) is 0 Å². The molecule has 4 heteroatoms. The molecule has 0 N–H and O–H groups in total. The normalized spacial score (nSPS) is 34.8. The Morgan fingerprint density at radius 1 is 1.46 bits per heavy atom. The third-order valence-corrected chi connectivity index (χ3v) is 4.52. The summed E-state index contributed by atoms with van der Waals surface area (Å²) in [6.07, 6.45) is 3.72. The molecule has 1 saturated carbocycles. The molecule has 1 heterocycles. The van der Waals surface area contributed by atoms with Crippen LogP contribution in [0.4, 0.5) is 0 Å². The Labute approximate surface area is 87.8 Å². The van der Waals surface area contributed by atoms with Crippen LogP contribution in [-0.4, -0.2) is 23.2 Å². The summed E-state index contributed by atoms with van der Waals surface area (Å²) in [4.78, 5) is 0. The molecule has 0 spiro atoms. The molecule has 0 amide bonds. The van der Waals surface area contributed by atoms with Crippen LogP contribution in [-0.2, 0) is 9.47 Å². The quantitative estimate of drug-likeness (QED) is 0.732. The Morgan fingerprint density at radius 2 is 2.15 bits per heavy atom. The summed E-state index contributed by atoms with van der Waals surface area (Å²) in [7, 11) is 7.29. The lowest BCUT2D eigenvalue weighted by molar-refractivity contribution is -0.139. The highest BCUT2D eigenvalue weighted by Crippen LogP contribution is 2.54. The highest BCUT2D eigenvalue weighted by molar-refractivity contribution is 8.22. The Morgan fingerprint density at radius 3 is 2.54 bits per heavy atom. The van der Waals surface area contributed by atoms with E-state index in [0.29, 0.717) is 11.4 Å². The van der Waals surface area contributed by atoms with Crippen LogP contribution in [0.2, 0.25) is 0 Å². The molecule has 1 saturated heterocycles. The lowest BCUT2D eigenvalue weighted by Crippen LogP contribution is -2.23. The number of ether oxygens (including phenoxy) is 2. The zero-order valence-corrected chi connectivity index (χ0v) is 9.58. The largest absolute Gasteiger partial charge is 0.348 e. The molecule has 13 heavy (non-hydrogen) atoms. The predicted octanol–water partition coefficient (Wildman–Crippen LogP) is 2.95. The van der Waals surface area contributed by atoms with Crippen molar-refractivity contribution >= 4 is 21.7 Å². The van der Waals surface area contributed by atoms with Gasteiger partial charge in [0, 0.05) is 4.75 Å². The van der Waals surface area contributed by atoms with Gasteiger partial charge < -0.3 is 9.47 Å². The van der Waals surface area contributed by atoms with Crippen LogP contribution in [0.5, 0.6) is 0 Å². The van der Waals surface area contributed by atoms with Gasteiger partial charge in [-0.3, -0.25) is 0 Å². The van der Waals surface area contributed by atoms with Crippen molar-refractivity contribution in [3.63, 3.8) is 0 Å². The molecule has 0 aromatic carbocycles. The second-order valence-corrected chi connectivity index (χ2v) is 5.90. The van der Waals surface area contributed by atoms with Gasteiger partial charge in [0.05, 0.1) is 12.7 Å². The fraction of sp³-hybridized carbons (Fsp3) is 1.00. The first-order valence-electron chi connectivity index (χ1n) is 4.67. The summed E-state index contributed by atoms with van der Waals surface area (Å²) >= 11 is 0. The van der Waals surface area contributed by atoms with E-state index in [0.717, 1.165) is 6.42 Å². The molecule has 2 aliphatic rings. The Balaban J connectivity index is 1.84. The summed E-state index contributed by atoms with van der Waals surface area (Å²) in [6, 6.07) is 0. The van der Waals surface area contributed by atoms with E-state index in [1.807, 2.05) is 13.8 Å². The first-order valence-corrected chi connectivity index (χ1v) is 6.31. The van der Waals surface area contributed by atoms with Gasteiger partial charge in [0.15, 0.2) is 5.79 Å². The van der Waals surface area contributed by atoms with Crippen molar-refractivity contribution in [3.8, 4) is 0 Å². The smallest absolute Gasteiger partial charge is 0.163 e. The maximum absolute atomic E-state index is 5.83. The van der Waals surface area contributed by atoms with Crippen molar-refractivity contribution in [2.24, 2.45) is 0 Å². The van der Waals surface area contributed by atoms with Gasteiger partial charge in [-0.2, -0.15) is 0 Å². The van der Waals surface area contributed by atoms with E-state index < -0.39 is 5.79 Å².